The van der Waals surface area contributed by atoms with E-state index in [0.717, 1.165) is 24.9 Å². The third-order valence-electron chi connectivity index (χ3n) is 10.4. The van der Waals surface area contributed by atoms with E-state index in [1.54, 1.807) is 0 Å². The Morgan fingerprint density at radius 3 is 2.10 bits per heavy atom. The molecule has 4 aromatic carbocycles. The summed E-state index contributed by atoms with van der Waals surface area (Å²) in [6.45, 7) is 7.01. The molecule has 0 saturated carbocycles. The Morgan fingerprint density at radius 1 is 0.860 bits per heavy atom. The number of hydrogen-bond donors (Lipinski definition) is 2. The lowest BCUT2D eigenvalue weighted by molar-refractivity contribution is -0.119. The highest BCUT2D eigenvalue weighted by molar-refractivity contribution is 6.99. The lowest BCUT2D eigenvalue weighted by atomic mass is 10.0. The Balaban J connectivity index is 1.09. The first-order valence-corrected chi connectivity index (χ1v) is 19.7. The van der Waals surface area contributed by atoms with Gasteiger partial charge in [-0.25, -0.2) is 4.98 Å². The normalized spacial score (nSPS) is 19.5. The fourth-order valence-corrected chi connectivity index (χ4v) is 12.7. The van der Waals surface area contributed by atoms with Gasteiger partial charge >= 0.3 is 0 Å². The molecule has 8 heteroatoms. The van der Waals surface area contributed by atoms with E-state index in [1.165, 1.54) is 38.3 Å². The first-order chi connectivity index (χ1) is 24.2. The van der Waals surface area contributed by atoms with Gasteiger partial charge in [-0.2, -0.15) is 0 Å². The first kappa shape index (κ1) is 33.8. The van der Waals surface area contributed by atoms with E-state index in [1.807, 2.05) is 12.1 Å². The molecular formula is C42H46N4O3Si. The largest absolute Gasteiger partial charge is 0.399 e. The number of hydrogen-bond acceptors (Lipinski definition) is 5. The molecule has 3 heterocycles. The zero-order valence-electron chi connectivity index (χ0n) is 29.1. The minimum Gasteiger partial charge on any atom is -0.399 e. The second kappa shape index (κ2) is 14.3. The molecule has 2 aliphatic heterocycles. The second-order valence-electron chi connectivity index (χ2n) is 14.7. The lowest BCUT2D eigenvalue weighted by Gasteiger charge is -2.46. The average molecular weight is 683 g/mol. The lowest BCUT2D eigenvalue weighted by Crippen LogP contribution is -2.67. The Kier molecular flexibility index (Phi) is 9.68. The van der Waals surface area contributed by atoms with Crippen molar-refractivity contribution in [3.63, 3.8) is 0 Å². The molecule has 5 aromatic rings. The van der Waals surface area contributed by atoms with Crippen LogP contribution in [-0.2, 0) is 22.1 Å². The highest BCUT2D eigenvalue weighted by Crippen LogP contribution is 2.42. The molecule has 0 unspecified atom stereocenters. The van der Waals surface area contributed by atoms with Crippen molar-refractivity contribution < 1.29 is 9.22 Å². The van der Waals surface area contributed by atoms with E-state index < -0.39 is 14.4 Å². The molecule has 7 rings (SSSR count). The van der Waals surface area contributed by atoms with Crippen LogP contribution in [0, 0.1) is 0 Å². The zero-order valence-corrected chi connectivity index (χ0v) is 30.1. The summed E-state index contributed by atoms with van der Waals surface area (Å²) in [5.41, 5.74) is 2.94. The van der Waals surface area contributed by atoms with Gasteiger partial charge in [0.15, 0.2) is 0 Å². The van der Waals surface area contributed by atoms with Crippen LogP contribution in [0.4, 0.5) is 5.69 Å². The number of nitrogens with zero attached hydrogens (tertiary/aromatic N) is 2. The van der Waals surface area contributed by atoms with Crippen molar-refractivity contribution >= 4 is 30.3 Å². The van der Waals surface area contributed by atoms with Crippen LogP contribution < -0.4 is 26.6 Å². The SMILES string of the molecule is CC(C)(C)[Si](O[C@H](c1ccccc1)[C@H]1CC[C@@H](Cc2ccc(NC(=O)[C@@H]3CCc4nccc(=O)n43)cc2)N1)(c1ccccc1)c1ccccc1. The van der Waals surface area contributed by atoms with Crippen LogP contribution in [0.15, 0.2) is 132 Å². The van der Waals surface area contributed by atoms with Crippen LogP contribution in [0.1, 0.15) is 69.1 Å². The maximum Gasteiger partial charge on any atom is 0.261 e. The van der Waals surface area contributed by atoms with Gasteiger partial charge in [0.05, 0.1) is 6.10 Å². The molecule has 0 aliphatic carbocycles. The molecule has 0 bridgehead atoms. The Labute approximate surface area is 295 Å². The Morgan fingerprint density at radius 2 is 1.48 bits per heavy atom. The number of anilines is 1. The van der Waals surface area contributed by atoms with Crippen molar-refractivity contribution in [1.82, 2.24) is 14.9 Å². The monoisotopic (exact) mass is 682 g/mol. The summed E-state index contributed by atoms with van der Waals surface area (Å²) in [5.74, 6) is 0.488. The third kappa shape index (κ3) is 6.75. The molecule has 4 atom stereocenters. The maximum absolute atomic E-state index is 13.1. The van der Waals surface area contributed by atoms with E-state index in [4.69, 9.17) is 4.43 Å². The van der Waals surface area contributed by atoms with Crippen molar-refractivity contribution in [3.8, 4) is 0 Å². The minimum atomic E-state index is -2.81. The van der Waals surface area contributed by atoms with Crippen LogP contribution in [0.25, 0.3) is 0 Å². The van der Waals surface area contributed by atoms with Crippen LogP contribution in [-0.4, -0.2) is 35.9 Å². The van der Waals surface area contributed by atoms with E-state index in [-0.39, 0.29) is 28.7 Å². The second-order valence-corrected chi connectivity index (χ2v) is 18.9. The molecule has 0 radical (unpaired) electrons. The molecule has 1 aromatic heterocycles. The summed E-state index contributed by atoms with van der Waals surface area (Å²) in [7, 11) is -2.81. The van der Waals surface area contributed by atoms with Gasteiger partial charge in [-0.15, -0.1) is 0 Å². The number of aromatic nitrogens is 2. The van der Waals surface area contributed by atoms with Crippen LogP contribution in [0.3, 0.4) is 0 Å². The topological polar surface area (TPSA) is 85.2 Å². The number of benzene rings is 4. The van der Waals surface area contributed by atoms with Gasteiger partial charge in [-0.05, 0) is 64.4 Å². The summed E-state index contributed by atoms with van der Waals surface area (Å²) >= 11 is 0. The number of fused-ring (bicyclic) bond motifs is 1. The van der Waals surface area contributed by atoms with E-state index in [9.17, 15) is 9.59 Å². The number of carbonyl (C=O) groups is 1. The maximum atomic E-state index is 13.1. The molecule has 1 fully saturated rings. The van der Waals surface area contributed by atoms with Gasteiger partial charge < -0.3 is 15.1 Å². The number of nitrogens with one attached hydrogen (secondary N) is 2. The summed E-state index contributed by atoms with van der Waals surface area (Å²) in [6, 6.07) is 41.9. The number of carbonyl (C=O) groups excluding carboxylic acids is 1. The highest BCUT2D eigenvalue weighted by Gasteiger charge is 2.52. The van der Waals surface area contributed by atoms with E-state index in [0.29, 0.717) is 24.7 Å². The Bertz CT molecular complexity index is 1920. The predicted molar refractivity (Wildman–Crippen MR) is 202 cm³/mol. The molecule has 256 valence electrons. The molecule has 50 heavy (non-hydrogen) atoms. The zero-order chi connectivity index (χ0) is 34.7. The van der Waals surface area contributed by atoms with Gasteiger partial charge in [0.25, 0.3) is 13.9 Å². The summed E-state index contributed by atoms with van der Waals surface area (Å²) in [6.07, 6.45) is 5.51. The summed E-state index contributed by atoms with van der Waals surface area (Å²) in [4.78, 5) is 29.8. The van der Waals surface area contributed by atoms with Crippen molar-refractivity contribution in [2.45, 2.75) is 82.1 Å². The van der Waals surface area contributed by atoms with Gasteiger partial charge in [0.1, 0.15) is 11.9 Å². The number of rotatable bonds is 10. The highest BCUT2D eigenvalue weighted by atomic mass is 28.4. The van der Waals surface area contributed by atoms with Gasteiger partial charge in [-0.3, -0.25) is 14.2 Å². The van der Waals surface area contributed by atoms with Gasteiger partial charge in [-0.1, -0.05) is 124 Å². The number of aryl methyl sites for hydroxylation is 1. The molecule has 1 amide bonds. The average Bonchev–Trinajstić information content (AvgIpc) is 3.79. The van der Waals surface area contributed by atoms with Gasteiger partial charge in [0.2, 0.25) is 5.91 Å². The first-order valence-electron chi connectivity index (χ1n) is 17.8. The molecular weight excluding hydrogens is 637 g/mol. The molecule has 0 spiro atoms. The molecule has 1 saturated heterocycles. The fraction of sp³-hybridized carbons (Fsp3) is 0.310. The predicted octanol–water partition coefficient (Wildman–Crippen LogP) is 6.35. The quantitative estimate of drug-likeness (QED) is 0.168. The van der Waals surface area contributed by atoms with Crippen molar-refractivity contribution in [2.24, 2.45) is 0 Å². The van der Waals surface area contributed by atoms with Crippen LogP contribution in [0.5, 0.6) is 0 Å². The van der Waals surface area contributed by atoms with E-state index >= 15 is 0 Å². The minimum absolute atomic E-state index is 0.131. The van der Waals surface area contributed by atoms with Crippen LogP contribution >= 0.6 is 0 Å². The standard InChI is InChI=1S/C42H46N4O3Si/c1-42(2,3)50(34-15-9-5-10-16-34,35-17-11-6-12-18-35)49-40(31-13-7-4-8-14-31)36-24-23-33(44-36)29-30-19-21-32(22-20-30)45-41(48)37-25-26-38-43-28-27-39(47)46(37)38/h4-22,27-28,33,36-37,40,44H,23-26,29H2,1-3H3,(H,45,48)/t33-,36+,37-,40+/m0/s1. The smallest absolute Gasteiger partial charge is 0.261 e. The van der Waals surface area contributed by atoms with Gasteiger partial charge in [0, 0.05) is 36.5 Å². The van der Waals surface area contributed by atoms with Crippen molar-refractivity contribution in [3.05, 3.63) is 155 Å². The summed E-state index contributed by atoms with van der Waals surface area (Å²) < 4.78 is 9.30. The summed E-state index contributed by atoms with van der Waals surface area (Å²) in [5, 5.41) is 9.45. The Hall–Kier alpha value is -4.63. The number of amides is 1. The molecule has 2 N–H and O–H groups in total. The fourth-order valence-electron chi connectivity index (χ4n) is 8.01. The molecule has 2 aliphatic rings. The van der Waals surface area contributed by atoms with Crippen molar-refractivity contribution in [2.75, 3.05) is 5.32 Å². The molecule has 7 nitrogen and oxygen atoms in total. The third-order valence-corrected chi connectivity index (χ3v) is 15.4. The van der Waals surface area contributed by atoms with Crippen LogP contribution in [0.2, 0.25) is 5.04 Å². The van der Waals surface area contributed by atoms with E-state index in [2.05, 4.69) is 140 Å². The van der Waals surface area contributed by atoms with Crippen molar-refractivity contribution in [1.29, 1.82) is 0 Å².